The maximum Gasteiger partial charge on any atom is 0.206 e. The number of rotatable bonds is 0. The van der Waals surface area contributed by atoms with Crippen LogP contribution in [0.2, 0.25) is 0 Å². The molecule has 27 heavy (non-hydrogen) atoms. The normalized spacial score (nSPS) is 11.6. The smallest absolute Gasteiger partial charge is 0.206 e. The van der Waals surface area contributed by atoms with Gasteiger partial charge in [0.05, 0.1) is 11.4 Å². The molecule has 2 aliphatic heterocycles. The number of fused-ring (bicyclic) bond motifs is 8. The highest BCUT2D eigenvalue weighted by Gasteiger charge is 2.07. The molecule has 0 atom stereocenters. The molecule has 0 radical (unpaired) electrons. The van der Waals surface area contributed by atoms with E-state index < -0.39 is 0 Å². The van der Waals surface area contributed by atoms with Crippen LogP contribution in [0.3, 0.4) is 0 Å². The third kappa shape index (κ3) is 3.78. The van der Waals surface area contributed by atoms with Crippen LogP contribution in [0.15, 0.2) is 48.5 Å². The minimum atomic E-state index is 0.947. The van der Waals surface area contributed by atoms with Crippen molar-refractivity contribution in [3.8, 4) is 0 Å². The van der Waals surface area contributed by atoms with E-state index in [0.717, 1.165) is 44.8 Å². The number of nitrogens with zero attached hydrogens (tertiary/aromatic N) is 4. The zero-order valence-electron chi connectivity index (χ0n) is 14.2. The van der Waals surface area contributed by atoms with Gasteiger partial charge in [-0.25, -0.2) is 9.97 Å². The Labute approximate surface area is 154 Å². The minimum Gasteiger partial charge on any atom is -0.373 e. The van der Waals surface area contributed by atoms with Crippen molar-refractivity contribution < 1.29 is 4.98 Å². The lowest BCUT2D eigenvalue weighted by atomic mass is 10.3. The Kier molecular flexibility index (Phi) is 4.27. The van der Waals surface area contributed by atoms with Crippen molar-refractivity contribution in [2.24, 2.45) is 0 Å². The average Bonchev–Trinajstić information content (AvgIpc) is 3.41. The first-order valence-electron chi connectivity index (χ1n) is 8.30. The van der Waals surface area contributed by atoms with E-state index in [9.17, 15) is 0 Å². The second kappa shape index (κ2) is 7.03. The molecular weight excluding hydrogens is 338 g/mol. The summed E-state index contributed by atoms with van der Waals surface area (Å²) in [5, 5.41) is 0. The zero-order valence-corrected chi connectivity index (χ0v) is 14.2. The molecule has 0 spiro atoms. The highest BCUT2D eigenvalue weighted by atomic mass is 15.0. The van der Waals surface area contributed by atoms with Crippen LogP contribution in [0.5, 0.6) is 0 Å². The van der Waals surface area contributed by atoms with Crippen LogP contribution in [-0.2, 0) is 0 Å². The lowest BCUT2D eigenvalue weighted by Gasteiger charge is -1.84. The SMILES string of the molecule is C1=Cc2cc3ccc(cc4ccc(cc5[nH+]c(cc1n2)C=C5)[nH]4)[nH]3.[N-]=[N+]=[N-]. The van der Waals surface area contributed by atoms with Crippen molar-refractivity contribution in [2.45, 2.75) is 0 Å². The van der Waals surface area contributed by atoms with Crippen molar-refractivity contribution in [3.63, 3.8) is 0 Å². The fourth-order valence-electron chi connectivity index (χ4n) is 3.00. The van der Waals surface area contributed by atoms with Gasteiger partial charge in [0.25, 0.3) is 0 Å². The highest BCUT2D eigenvalue weighted by molar-refractivity contribution is 5.76. The van der Waals surface area contributed by atoms with Gasteiger partial charge < -0.3 is 21.0 Å². The van der Waals surface area contributed by atoms with Crippen molar-refractivity contribution in [1.82, 2.24) is 15.0 Å². The Balaban J connectivity index is 0.000000565. The fourth-order valence-corrected chi connectivity index (χ4v) is 3.00. The predicted molar refractivity (Wildman–Crippen MR) is 108 cm³/mol. The molecule has 2 aliphatic rings. The third-order valence-electron chi connectivity index (χ3n) is 4.11. The van der Waals surface area contributed by atoms with Gasteiger partial charge >= 0.3 is 0 Å². The molecule has 0 fully saturated rings. The average molecular weight is 353 g/mol. The molecule has 0 amide bonds. The van der Waals surface area contributed by atoms with E-state index >= 15 is 0 Å². The van der Waals surface area contributed by atoms with Gasteiger partial charge in [-0.2, -0.15) is 0 Å². The molecule has 0 saturated carbocycles. The largest absolute Gasteiger partial charge is 0.373 e. The second-order valence-electron chi connectivity index (χ2n) is 6.07. The molecular formula is C20H15N7. The van der Waals surface area contributed by atoms with E-state index in [0.29, 0.717) is 0 Å². The molecule has 0 aromatic carbocycles. The Morgan fingerprint density at radius 1 is 0.667 bits per heavy atom. The summed E-state index contributed by atoms with van der Waals surface area (Å²) in [7, 11) is 0. The molecule has 8 bridgehead atoms. The summed E-state index contributed by atoms with van der Waals surface area (Å²) in [6, 6.07) is 16.6. The Bertz CT molecular complexity index is 1160. The summed E-state index contributed by atoms with van der Waals surface area (Å²) in [5.41, 5.74) is 21.7. The van der Waals surface area contributed by atoms with Crippen LogP contribution in [-0.4, -0.2) is 15.0 Å². The van der Waals surface area contributed by atoms with Crippen LogP contribution in [0.4, 0.5) is 0 Å². The van der Waals surface area contributed by atoms with Gasteiger partial charge in [0.2, 0.25) is 11.4 Å². The maximum atomic E-state index is 6.75. The second-order valence-corrected chi connectivity index (χ2v) is 6.07. The first-order chi connectivity index (χ1) is 13.2. The van der Waals surface area contributed by atoms with Crippen molar-refractivity contribution in [2.75, 3.05) is 0 Å². The Morgan fingerprint density at radius 3 is 1.78 bits per heavy atom. The molecule has 3 aromatic heterocycles. The van der Waals surface area contributed by atoms with Gasteiger partial charge in [0, 0.05) is 46.4 Å². The van der Waals surface area contributed by atoms with Crippen molar-refractivity contribution in [1.29, 1.82) is 0 Å². The molecule has 7 heteroatoms. The monoisotopic (exact) mass is 353 g/mol. The van der Waals surface area contributed by atoms with Crippen LogP contribution >= 0.6 is 0 Å². The molecule has 0 saturated heterocycles. The minimum absolute atomic E-state index is 0.947. The summed E-state index contributed by atoms with van der Waals surface area (Å²) < 4.78 is 0. The summed E-state index contributed by atoms with van der Waals surface area (Å²) in [4.78, 5) is 16.3. The molecule has 3 aromatic rings. The molecule has 5 heterocycles. The molecule has 130 valence electrons. The molecule has 0 aliphatic carbocycles. The first kappa shape index (κ1) is 16.4. The summed E-state index contributed by atoms with van der Waals surface area (Å²) in [6.45, 7) is 0. The Morgan fingerprint density at radius 2 is 1.15 bits per heavy atom. The highest BCUT2D eigenvalue weighted by Crippen LogP contribution is 2.15. The van der Waals surface area contributed by atoms with E-state index in [2.05, 4.69) is 80.6 Å². The lowest BCUT2D eigenvalue weighted by Crippen LogP contribution is -2.04. The summed E-state index contributed by atoms with van der Waals surface area (Å²) in [5.74, 6) is 0. The number of nitrogens with one attached hydrogen (secondary N) is 3. The van der Waals surface area contributed by atoms with Gasteiger partial charge in [0.15, 0.2) is 0 Å². The van der Waals surface area contributed by atoms with Gasteiger partial charge in [0.1, 0.15) is 0 Å². The van der Waals surface area contributed by atoms with E-state index in [1.54, 1.807) is 0 Å². The number of hydrogen-bond acceptors (Lipinski definition) is 1. The molecule has 0 unspecified atom stereocenters. The predicted octanol–water partition coefficient (Wildman–Crippen LogP) is 4.94. The Hall–Kier alpha value is -4.09. The number of aromatic amines is 3. The number of H-pyrrole nitrogens is 3. The number of aromatic nitrogens is 4. The maximum absolute atomic E-state index is 6.75. The van der Waals surface area contributed by atoms with Gasteiger partial charge in [-0.1, -0.05) is 0 Å². The summed E-state index contributed by atoms with van der Waals surface area (Å²) >= 11 is 0. The van der Waals surface area contributed by atoms with Crippen molar-refractivity contribution in [3.05, 3.63) is 87.3 Å². The van der Waals surface area contributed by atoms with Gasteiger partial charge in [-0.3, -0.25) is 4.91 Å². The zero-order chi connectivity index (χ0) is 18.6. The van der Waals surface area contributed by atoms with E-state index in [1.165, 1.54) is 4.91 Å². The van der Waals surface area contributed by atoms with Crippen LogP contribution in [0.25, 0.3) is 62.3 Å². The lowest BCUT2D eigenvalue weighted by molar-refractivity contribution is -0.379. The van der Waals surface area contributed by atoms with Crippen LogP contribution in [0.1, 0.15) is 22.8 Å². The van der Waals surface area contributed by atoms with E-state index in [1.807, 2.05) is 12.2 Å². The van der Waals surface area contributed by atoms with Crippen LogP contribution < -0.4 is 4.98 Å². The molecule has 7 nitrogen and oxygen atoms in total. The third-order valence-corrected chi connectivity index (χ3v) is 4.11. The van der Waals surface area contributed by atoms with Gasteiger partial charge in [-0.05, 0) is 48.6 Å². The quantitative estimate of drug-likeness (QED) is 0.229. The van der Waals surface area contributed by atoms with Gasteiger partial charge in [-0.15, -0.1) is 0 Å². The fraction of sp³-hybridized carbons (Fsp3) is 0. The molecule has 5 rings (SSSR count). The first-order valence-corrected chi connectivity index (χ1v) is 8.30. The molecule has 3 N–H and O–H groups in total. The standard InChI is InChI=1S/C20H14N4.N3/c1-2-14-10-16-5-6-18(23-16)12-20-8-7-19(24-20)11-17-4-3-15(22-17)9-13(1)21-14;1-3-2/h1-12,21-22H;/q;-1/p+1. The van der Waals surface area contributed by atoms with Crippen molar-refractivity contribution >= 4 is 46.4 Å². The number of hydrogen-bond donors (Lipinski definition) is 2. The van der Waals surface area contributed by atoms with Crippen LogP contribution in [0, 0.1) is 0 Å². The topological polar surface area (TPSA) is 117 Å². The van der Waals surface area contributed by atoms with E-state index in [-0.39, 0.29) is 0 Å². The summed E-state index contributed by atoms with van der Waals surface area (Å²) in [6.07, 6.45) is 8.19. The van der Waals surface area contributed by atoms with E-state index in [4.69, 9.17) is 11.1 Å².